The lowest BCUT2D eigenvalue weighted by Gasteiger charge is -2.23. The van der Waals surface area contributed by atoms with Crippen molar-refractivity contribution in [2.75, 3.05) is 0 Å². The Hall–Kier alpha value is 0.650. The second kappa shape index (κ2) is 7.88. The minimum absolute atomic E-state index is 0.524. The zero-order valence-corrected chi connectivity index (χ0v) is 12.2. The summed E-state index contributed by atoms with van der Waals surface area (Å²) >= 11 is 2.40. The van der Waals surface area contributed by atoms with Gasteiger partial charge in [0.1, 0.15) is 4.05 Å². The van der Waals surface area contributed by atoms with Crippen LogP contribution < -0.4 is 11.1 Å². The molecule has 0 aromatic heterocycles. The molecule has 3 unspecified atom stereocenters. The van der Waals surface area contributed by atoms with E-state index in [1.54, 1.807) is 0 Å². The first-order valence-corrected chi connectivity index (χ1v) is 6.93. The number of quaternary nitrogens is 1. The van der Waals surface area contributed by atoms with E-state index < -0.39 is 0 Å². The molecule has 0 rings (SSSR count). The van der Waals surface area contributed by atoms with Crippen LogP contribution in [0.25, 0.3) is 0 Å². The zero-order chi connectivity index (χ0) is 11.1. The Labute approximate surface area is 103 Å². The van der Waals surface area contributed by atoms with Crippen LogP contribution in [-0.2, 0) is 0 Å². The van der Waals surface area contributed by atoms with Crippen molar-refractivity contribution in [3.05, 3.63) is 0 Å². The van der Waals surface area contributed by atoms with Crippen molar-refractivity contribution in [1.82, 2.24) is 5.32 Å². The minimum Gasteiger partial charge on any atom is -0.347 e. The summed E-state index contributed by atoms with van der Waals surface area (Å²) in [4.78, 5) is 0. The summed E-state index contributed by atoms with van der Waals surface area (Å²) in [6, 6.07) is 1.28. The third-order valence-corrected chi connectivity index (χ3v) is 2.89. The van der Waals surface area contributed by atoms with Gasteiger partial charge in [-0.1, -0.05) is 20.8 Å². The van der Waals surface area contributed by atoms with Crippen molar-refractivity contribution < 1.29 is 5.73 Å². The van der Waals surface area contributed by atoms with Crippen LogP contribution in [0, 0.1) is 5.92 Å². The molecule has 0 aromatic rings. The predicted octanol–water partition coefficient (Wildman–Crippen LogP) is 2.18. The van der Waals surface area contributed by atoms with Crippen LogP contribution >= 0.6 is 22.6 Å². The molecule has 3 atom stereocenters. The Balaban J connectivity index is 3.79. The standard InChI is InChI=1S/C11H25IN2/c1-5-10(7-11(12)13)14-9(4)6-8(2)3/h8-11,14H,5-7,13H2,1-4H3/p+1. The molecule has 0 fully saturated rings. The highest BCUT2D eigenvalue weighted by molar-refractivity contribution is 14.1. The summed E-state index contributed by atoms with van der Waals surface area (Å²) in [6.07, 6.45) is 3.65. The molecule has 0 radical (unpaired) electrons. The van der Waals surface area contributed by atoms with Crippen molar-refractivity contribution >= 4 is 22.6 Å². The molecular weight excluding hydrogens is 287 g/mol. The van der Waals surface area contributed by atoms with Crippen molar-refractivity contribution in [3.63, 3.8) is 0 Å². The van der Waals surface area contributed by atoms with Crippen LogP contribution in [0.3, 0.4) is 0 Å². The van der Waals surface area contributed by atoms with Gasteiger partial charge >= 0.3 is 0 Å². The Kier molecular flexibility index (Phi) is 8.25. The van der Waals surface area contributed by atoms with E-state index in [4.69, 9.17) is 0 Å². The van der Waals surface area contributed by atoms with Gasteiger partial charge in [0.15, 0.2) is 0 Å². The fraction of sp³-hybridized carbons (Fsp3) is 1.00. The van der Waals surface area contributed by atoms with Crippen LogP contribution in [0.15, 0.2) is 0 Å². The fourth-order valence-corrected chi connectivity index (χ4v) is 2.45. The van der Waals surface area contributed by atoms with Crippen LogP contribution in [0.1, 0.15) is 47.0 Å². The maximum atomic E-state index is 4.04. The highest BCUT2D eigenvalue weighted by Gasteiger charge is 2.14. The average molecular weight is 313 g/mol. The smallest absolute Gasteiger partial charge is 0.136 e. The van der Waals surface area contributed by atoms with E-state index in [1.807, 2.05) is 0 Å². The Morgan fingerprint density at radius 1 is 1.21 bits per heavy atom. The topological polar surface area (TPSA) is 39.7 Å². The van der Waals surface area contributed by atoms with E-state index in [9.17, 15) is 0 Å². The van der Waals surface area contributed by atoms with Gasteiger partial charge in [0.05, 0.1) is 0 Å². The van der Waals surface area contributed by atoms with E-state index in [2.05, 4.69) is 61.3 Å². The summed E-state index contributed by atoms with van der Waals surface area (Å²) in [5.74, 6) is 0.783. The fourth-order valence-electron chi connectivity index (χ4n) is 1.84. The van der Waals surface area contributed by atoms with Crippen molar-refractivity contribution in [1.29, 1.82) is 0 Å². The molecule has 0 amide bonds. The molecule has 0 saturated heterocycles. The maximum Gasteiger partial charge on any atom is 0.136 e. The molecular formula is C11H26IN2+. The van der Waals surface area contributed by atoms with Crippen LogP contribution in [0.2, 0.25) is 0 Å². The molecule has 0 spiro atoms. The van der Waals surface area contributed by atoms with Crippen molar-refractivity contribution in [2.45, 2.75) is 63.1 Å². The monoisotopic (exact) mass is 313 g/mol. The lowest BCUT2D eigenvalue weighted by Crippen LogP contribution is -2.59. The van der Waals surface area contributed by atoms with Crippen molar-refractivity contribution in [2.24, 2.45) is 5.92 Å². The number of hydrogen-bond donors (Lipinski definition) is 2. The van der Waals surface area contributed by atoms with Gasteiger partial charge in [-0.05, 0) is 48.3 Å². The molecule has 0 aliphatic carbocycles. The molecule has 3 heteroatoms. The summed E-state index contributed by atoms with van der Waals surface area (Å²) in [6.45, 7) is 9.09. The van der Waals surface area contributed by atoms with Gasteiger partial charge in [-0.2, -0.15) is 0 Å². The summed E-state index contributed by atoms with van der Waals surface area (Å²) in [7, 11) is 0. The second-order valence-electron chi connectivity index (χ2n) is 4.64. The predicted molar refractivity (Wildman–Crippen MR) is 71.4 cm³/mol. The van der Waals surface area contributed by atoms with E-state index in [1.165, 1.54) is 19.3 Å². The van der Waals surface area contributed by atoms with Crippen LogP contribution in [0.4, 0.5) is 0 Å². The molecule has 14 heavy (non-hydrogen) atoms. The normalized spacial score (nSPS) is 18.2. The van der Waals surface area contributed by atoms with E-state index in [0.29, 0.717) is 16.1 Å². The first-order valence-electron chi connectivity index (χ1n) is 5.68. The number of alkyl halides is 1. The molecule has 0 saturated carbocycles. The van der Waals surface area contributed by atoms with Gasteiger partial charge in [0, 0.05) is 18.5 Å². The van der Waals surface area contributed by atoms with E-state index in [0.717, 1.165) is 5.92 Å². The minimum atomic E-state index is 0.524. The summed E-state index contributed by atoms with van der Waals surface area (Å²) in [5, 5.41) is 3.68. The van der Waals surface area contributed by atoms with Gasteiger partial charge in [0.2, 0.25) is 0 Å². The Morgan fingerprint density at radius 3 is 2.14 bits per heavy atom. The van der Waals surface area contributed by atoms with Gasteiger partial charge in [-0.25, -0.2) is 0 Å². The maximum absolute atomic E-state index is 4.04. The largest absolute Gasteiger partial charge is 0.347 e. The highest BCUT2D eigenvalue weighted by atomic mass is 127. The summed E-state index contributed by atoms with van der Waals surface area (Å²) in [5.41, 5.74) is 4.04. The highest BCUT2D eigenvalue weighted by Crippen LogP contribution is 2.09. The van der Waals surface area contributed by atoms with E-state index in [-0.39, 0.29) is 0 Å². The number of rotatable bonds is 7. The zero-order valence-electron chi connectivity index (χ0n) is 10.0. The third kappa shape index (κ3) is 8.00. The molecule has 0 heterocycles. The molecule has 0 aromatic carbocycles. The summed E-state index contributed by atoms with van der Waals surface area (Å²) < 4.78 is 0.524. The lowest BCUT2D eigenvalue weighted by atomic mass is 10.0. The number of hydrogen-bond acceptors (Lipinski definition) is 1. The van der Waals surface area contributed by atoms with Gasteiger partial charge in [0.25, 0.3) is 0 Å². The van der Waals surface area contributed by atoms with Gasteiger partial charge in [-0.3, -0.25) is 0 Å². The number of nitrogens with one attached hydrogen (secondary N) is 1. The first-order chi connectivity index (χ1) is 6.45. The van der Waals surface area contributed by atoms with Gasteiger partial charge in [-0.15, -0.1) is 0 Å². The number of halogens is 1. The van der Waals surface area contributed by atoms with Crippen molar-refractivity contribution in [3.8, 4) is 0 Å². The molecule has 86 valence electrons. The SMILES string of the molecule is CCC(CC([NH3+])I)NC(C)CC(C)C. The first kappa shape index (κ1) is 14.6. The van der Waals surface area contributed by atoms with E-state index >= 15 is 0 Å². The van der Waals surface area contributed by atoms with Crippen LogP contribution in [-0.4, -0.2) is 16.1 Å². The Bertz CT molecular complexity index is 137. The average Bonchev–Trinajstić information content (AvgIpc) is 2.00. The quantitative estimate of drug-likeness (QED) is 0.422. The molecule has 0 aliphatic rings. The third-order valence-electron chi connectivity index (χ3n) is 2.38. The Morgan fingerprint density at radius 2 is 1.79 bits per heavy atom. The van der Waals surface area contributed by atoms with Gasteiger partial charge < -0.3 is 11.1 Å². The molecule has 4 N–H and O–H groups in total. The second-order valence-corrected chi connectivity index (χ2v) is 6.40. The lowest BCUT2D eigenvalue weighted by molar-refractivity contribution is -0.380. The van der Waals surface area contributed by atoms with Crippen LogP contribution in [0.5, 0.6) is 0 Å². The molecule has 0 aliphatic heterocycles. The molecule has 2 nitrogen and oxygen atoms in total. The molecule has 0 bridgehead atoms.